The predicted molar refractivity (Wildman–Crippen MR) is 68.3 cm³/mol. The van der Waals surface area contributed by atoms with E-state index in [4.69, 9.17) is 17.0 Å². The van der Waals surface area contributed by atoms with Crippen LogP contribution in [-0.2, 0) is 4.74 Å². The van der Waals surface area contributed by atoms with Crippen molar-refractivity contribution >= 4 is 11.3 Å². The second-order valence-electron chi connectivity index (χ2n) is 4.67. The number of nitrogens with zero attached hydrogens (tertiary/aromatic N) is 4. The van der Waals surface area contributed by atoms with Crippen LogP contribution >= 0.6 is 0 Å². The second-order valence-corrected chi connectivity index (χ2v) is 4.67. The monoisotopic (exact) mass is 275 g/mol. The SMILES string of the molecule is [C-]#[N+][C@]1(CO)O[C@@H](c2ccc3c(N)ncnn23)C[C@@H]1O. The normalized spacial score (nSPS) is 29.6. The number of nitrogens with two attached hydrogens (primary N) is 1. The number of fused-ring (bicyclic) bond motifs is 1. The van der Waals surface area contributed by atoms with Crippen molar-refractivity contribution in [3.8, 4) is 0 Å². The number of anilines is 1. The van der Waals surface area contributed by atoms with Crippen LogP contribution in [0.3, 0.4) is 0 Å². The molecule has 2 aromatic rings. The maximum Gasteiger partial charge on any atom is 0.386 e. The molecule has 8 nitrogen and oxygen atoms in total. The molecule has 0 bridgehead atoms. The van der Waals surface area contributed by atoms with Crippen LogP contribution in [0.4, 0.5) is 5.82 Å². The predicted octanol–water partition coefficient (Wildman–Crippen LogP) is -0.258. The lowest BCUT2D eigenvalue weighted by atomic mass is 10.1. The third-order valence-electron chi connectivity index (χ3n) is 3.56. The maximum atomic E-state index is 9.97. The highest BCUT2D eigenvalue weighted by molar-refractivity contribution is 5.65. The number of hydrogen-bond donors (Lipinski definition) is 3. The number of ether oxygens (including phenoxy) is 1. The summed E-state index contributed by atoms with van der Waals surface area (Å²) < 4.78 is 7.14. The number of hydrogen-bond acceptors (Lipinski definition) is 6. The summed E-state index contributed by atoms with van der Waals surface area (Å²) in [5.41, 5.74) is 5.44. The van der Waals surface area contributed by atoms with Gasteiger partial charge in [0.05, 0.1) is 5.69 Å². The van der Waals surface area contributed by atoms with E-state index in [0.29, 0.717) is 17.0 Å². The van der Waals surface area contributed by atoms with E-state index in [2.05, 4.69) is 14.9 Å². The van der Waals surface area contributed by atoms with Gasteiger partial charge in [0.2, 0.25) is 0 Å². The summed E-state index contributed by atoms with van der Waals surface area (Å²) >= 11 is 0. The molecular weight excluding hydrogens is 262 g/mol. The van der Waals surface area contributed by atoms with E-state index < -0.39 is 24.5 Å². The quantitative estimate of drug-likeness (QED) is 0.651. The molecule has 0 saturated carbocycles. The van der Waals surface area contributed by atoms with Gasteiger partial charge in [0, 0.05) is 6.42 Å². The molecule has 2 aromatic heterocycles. The van der Waals surface area contributed by atoms with Gasteiger partial charge in [0.25, 0.3) is 0 Å². The number of nitrogen functional groups attached to an aromatic ring is 1. The van der Waals surface area contributed by atoms with E-state index in [1.807, 2.05) is 0 Å². The zero-order chi connectivity index (χ0) is 14.3. The van der Waals surface area contributed by atoms with Crippen LogP contribution in [0.5, 0.6) is 0 Å². The van der Waals surface area contributed by atoms with Crippen molar-refractivity contribution in [2.75, 3.05) is 12.3 Å². The lowest BCUT2D eigenvalue weighted by Gasteiger charge is -2.16. The largest absolute Gasteiger partial charge is 0.386 e. The van der Waals surface area contributed by atoms with E-state index in [0.717, 1.165) is 0 Å². The number of aliphatic hydroxyl groups excluding tert-OH is 2. The van der Waals surface area contributed by atoms with Crippen molar-refractivity contribution in [1.29, 1.82) is 0 Å². The minimum Gasteiger partial charge on any atom is -0.385 e. The molecule has 20 heavy (non-hydrogen) atoms. The molecule has 0 spiro atoms. The Hall–Kier alpha value is -2.21. The van der Waals surface area contributed by atoms with Gasteiger partial charge in [0.15, 0.2) is 18.5 Å². The van der Waals surface area contributed by atoms with Gasteiger partial charge in [0.1, 0.15) is 17.9 Å². The fourth-order valence-corrected chi connectivity index (χ4v) is 2.44. The molecule has 3 atom stereocenters. The Balaban J connectivity index is 2.02. The molecule has 4 N–H and O–H groups in total. The van der Waals surface area contributed by atoms with Gasteiger partial charge in [-0.3, -0.25) is 9.58 Å². The molecule has 8 heteroatoms. The summed E-state index contributed by atoms with van der Waals surface area (Å²) in [6, 6.07) is 3.51. The van der Waals surface area contributed by atoms with E-state index in [1.165, 1.54) is 6.33 Å². The number of aromatic nitrogens is 3. The molecule has 0 unspecified atom stereocenters. The van der Waals surface area contributed by atoms with Crippen molar-refractivity contribution in [3.63, 3.8) is 0 Å². The lowest BCUT2D eigenvalue weighted by molar-refractivity contribution is -0.0819. The van der Waals surface area contributed by atoms with Crippen LogP contribution < -0.4 is 5.73 Å². The van der Waals surface area contributed by atoms with Gasteiger partial charge in [-0.05, 0) is 12.1 Å². The van der Waals surface area contributed by atoms with E-state index >= 15 is 0 Å². The Morgan fingerprint density at radius 2 is 2.40 bits per heavy atom. The first kappa shape index (κ1) is 12.8. The Labute approximate surface area is 114 Å². The van der Waals surface area contributed by atoms with Crippen molar-refractivity contribution in [3.05, 3.63) is 35.6 Å². The minimum atomic E-state index is -1.60. The van der Waals surface area contributed by atoms with Gasteiger partial charge in [-0.15, -0.1) is 0 Å². The summed E-state index contributed by atoms with van der Waals surface area (Å²) in [5.74, 6) is 0.336. The fraction of sp³-hybridized carbons (Fsp3) is 0.417. The first-order valence-corrected chi connectivity index (χ1v) is 6.05. The first-order chi connectivity index (χ1) is 9.61. The zero-order valence-electron chi connectivity index (χ0n) is 10.5. The van der Waals surface area contributed by atoms with Gasteiger partial charge in [-0.25, -0.2) is 16.1 Å². The Kier molecular flexibility index (Phi) is 2.83. The molecule has 0 aliphatic carbocycles. The molecule has 1 saturated heterocycles. The Bertz CT molecular complexity index is 694. The molecule has 104 valence electrons. The van der Waals surface area contributed by atoms with E-state index in [-0.39, 0.29) is 6.42 Å². The minimum absolute atomic E-state index is 0.207. The molecule has 1 aliphatic rings. The molecule has 1 aliphatic heterocycles. The molecule has 3 rings (SSSR count). The highest BCUT2D eigenvalue weighted by Gasteiger charge is 2.55. The fourth-order valence-electron chi connectivity index (χ4n) is 2.44. The zero-order valence-corrected chi connectivity index (χ0v) is 10.5. The third kappa shape index (κ3) is 1.65. The molecule has 0 amide bonds. The molecule has 0 aromatic carbocycles. The third-order valence-corrected chi connectivity index (χ3v) is 3.56. The molecule has 3 heterocycles. The number of aliphatic hydroxyl groups is 2. The summed E-state index contributed by atoms with van der Waals surface area (Å²) in [5, 5.41) is 23.4. The van der Waals surface area contributed by atoms with Crippen molar-refractivity contribution in [2.45, 2.75) is 24.4 Å². The van der Waals surface area contributed by atoms with E-state index in [9.17, 15) is 10.2 Å². The summed E-state index contributed by atoms with van der Waals surface area (Å²) in [6.45, 7) is 6.56. The first-order valence-electron chi connectivity index (χ1n) is 6.05. The van der Waals surface area contributed by atoms with E-state index in [1.54, 1.807) is 16.6 Å². The van der Waals surface area contributed by atoms with Crippen LogP contribution in [0.1, 0.15) is 18.2 Å². The summed E-state index contributed by atoms with van der Waals surface area (Å²) in [7, 11) is 0. The Morgan fingerprint density at radius 1 is 1.60 bits per heavy atom. The standard InChI is InChI=1S/C12H13N5O3/c1-14-12(5-18)10(19)4-9(20-12)7-2-3-8-11(13)15-6-16-17(7)8/h2-3,6,9-10,18-19H,4-5H2,(H2,13,15,16)/t9-,10+,12-/m1/s1. The highest BCUT2D eigenvalue weighted by Crippen LogP contribution is 2.40. The average molecular weight is 275 g/mol. The van der Waals surface area contributed by atoms with Crippen LogP contribution in [0, 0.1) is 6.57 Å². The Morgan fingerprint density at radius 3 is 3.05 bits per heavy atom. The van der Waals surface area contributed by atoms with Crippen molar-refractivity contribution in [1.82, 2.24) is 14.6 Å². The van der Waals surface area contributed by atoms with Crippen LogP contribution in [0.25, 0.3) is 10.4 Å². The van der Waals surface area contributed by atoms with Crippen LogP contribution in [0.15, 0.2) is 18.5 Å². The highest BCUT2D eigenvalue weighted by atomic mass is 16.6. The maximum absolute atomic E-state index is 9.97. The van der Waals surface area contributed by atoms with Gasteiger partial charge in [-0.2, -0.15) is 5.10 Å². The van der Waals surface area contributed by atoms with Crippen molar-refractivity contribution in [2.24, 2.45) is 0 Å². The molecule has 0 radical (unpaired) electrons. The van der Waals surface area contributed by atoms with Gasteiger partial charge >= 0.3 is 5.72 Å². The summed E-state index contributed by atoms with van der Waals surface area (Å²) in [6.07, 6.45) is -0.0626. The molecular formula is C12H13N5O3. The lowest BCUT2D eigenvalue weighted by Crippen LogP contribution is -2.39. The van der Waals surface area contributed by atoms with Crippen LogP contribution in [0.2, 0.25) is 0 Å². The smallest absolute Gasteiger partial charge is 0.385 e. The topological polar surface area (TPSA) is 110 Å². The average Bonchev–Trinajstić information content (AvgIpc) is 3.01. The van der Waals surface area contributed by atoms with Gasteiger partial charge in [-0.1, -0.05) is 0 Å². The summed E-state index contributed by atoms with van der Waals surface area (Å²) in [4.78, 5) is 7.13. The van der Waals surface area contributed by atoms with Crippen LogP contribution in [-0.4, -0.2) is 43.2 Å². The van der Waals surface area contributed by atoms with Crippen molar-refractivity contribution < 1.29 is 14.9 Å². The number of rotatable bonds is 2. The second kappa shape index (κ2) is 4.42. The van der Waals surface area contributed by atoms with Gasteiger partial charge < -0.3 is 15.9 Å². The molecule has 1 fully saturated rings.